The van der Waals surface area contributed by atoms with Gasteiger partial charge in [-0.15, -0.1) is 0 Å². The van der Waals surface area contributed by atoms with Crippen LogP contribution in [0, 0.1) is 11.8 Å². The zero-order valence-electron chi connectivity index (χ0n) is 16.0. The summed E-state index contributed by atoms with van der Waals surface area (Å²) in [6.07, 6.45) is 0.718. The molecule has 0 heterocycles. The van der Waals surface area contributed by atoms with Gasteiger partial charge in [0.2, 0.25) is 0 Å². The first-order valence-corrected chi connectivity index (χ1v) is 7.73. The Labute approximate surface area is 172 Å². The van der Waals surface area contributed by atoms with Gasteiger partial charge in [-0.2, -0.15) is 0 Å². The van der Waals surface area contributed by atoms with Crippen molar-refractivity contribution in [2.24, 2.45) is 11.8 Å². The Balaban J connectivity index is -0.000000138. The van der Waals surface area contributed by atoms with E-state index in [1.54, 1.807) is 13.8 Å². The summed E-state index contributed by atoms with van der Waals surface area (Å²) in [4.78, 5) is 60.9. The molecule has 0 aromatic heterocycles. The Morgan fingerprint density at radius 3 is 0.885 bits per heavy atom. The van der Waals surface area contributed by atoms with E-state index in [0.717, 1.165) is 0 Å². The van der Waals surface area contributed by atoms with E-state index in [2.05, 4.69) is 0 Å². The van der Waals surface area contributed by atoms with Gasteiger partial charge in [-0.25, -0.2) is 0 Å². The second kappa shape index (κ2) is 18.3. The number of rotatable bonds is 8. The number of ketones is 4. The molecule has 8 nitrogen and oxygen atoms in total. The minimum Gasteiger partial charge on any atom is -0.549 e. The van der Waals surface area contributed by atoms with Crippen molar-refractivity contribution >= 4 is 35.1 Å². The Kier molecular flexibility index (Phi) is 22.7. The predicted octanol–water partition coefficient (Wildman–Crippen LogP) is -0.745. The van der Waals surface area contributed by atoms with Gasteiger partial charge in [0.25, 0.3) is 0 Å². The number of carboxylic acids is 2. The molecule has 0 aliphatic heterocycles. The second-order valence-corrected chi connectivity index (χ2v) is 5.36. The van der Waals surface area contributed by atoms with Gasteiger partial charge in [-0.1, -0.05) is 13.8 Å². The molecular formula is C17H26O8Zr. The fourth-order valence-electron chi connectivity index (χ4n) is 1.59. The summed E-state index contributed by atoms with van der Waals surface area (Å²) in [6, 6.07) is 0. The fourth-order valence-corrected chi connectivity index (χ4v) is 1.59. The van der Waals surface area contributed by atoms with Crippen LogP contribution in [0.5, 0.6) is 0 Å². The number of hydrogen-bond acceptors (Lipinski definition) is 8. The summed E-state index contributed by atoms with van der Waals surface area (Å²) in [5.41, 5.74) is 0. The number of hydrogen-bond donors (Lipinski definition) is 0. The molecule has 0 spiro atoms. The van der Waals surface area contributed by atoms with E-state index in [-0.39, 0.29) is 55.8 Å². The fraction of sp³-hybridized carbons (Fsp3) is 0.647. The number of Topliss-reactive ketones (excluding diaryl/α,β-unsaturated/α-hetero) is 4. The molecule has 0 amide bonds. The van der Waals surface area contributed by atoms with Crippen LogP contribution in [0.3, 0.4) is 0 Å². The molecule has 0 radical (unpaired) electrons. The Morgan fingerprint density at radius 1 is 0.654 bits per heavy atom. The topological polar surface area (TPSA) is 149 Å². The molecule has 0 saturated heterocycles. The molecule has 2 atom stereocenters. The van der Waals surface area contributed by atoms with Crippen molar-refractivity contribution in [1.82, 2.24) is 0 Å². The van der Waals surface area contributed by atoms with Crippen molar-refractivity contribution < 1.29 is 65.2 Å². The maximum absolute atomic E-state index is 10.4. The molecule has 146 valence electrons. The third kappa shape index (κ3) is 20.5. The third-order valence-electron chi connectivity index (χ3n) is 2.86. The zero-order chi connectivity index (χ0) is 20.7. The number of aliphatic carboxylic acids is 2. The van der Waals surface area contributed by atoms with Crippen molar-refractivity contribution in [3.8, 4) is 0 Å². The summed E-state index contributed by atoms with van der Waals surface area (Å²) in [6.45, 7) is 8.60. The van der Waals surface area contributed by atoms with Gasteiger partial charge in [0.15, 0.2) is 0 Å². The number of carbonyl (C=O) groups excluding carboxylic acids is 6. The van der Waals surface area contributed by atoms with Crippen molar-refractivity contribution in [3.05, 3.63) is 0 Å². The van der Waals surface area contributed by atoms with Gasteiger partial charge in [0.05, 0.1) is 30.2 Å². The molecule has 0 aromatic rings. The largest absolute Gasteiger partial charge is 2.00 e. The maximum atomic E-state index is 10.4. The van der Waals surface area contributed by atoms with Crippen LogP contribution in [0.4, 0.5) is 0 Å². The van der Waals surface area contributed by atoms with Gasteiger partial charge in [0.1, 0.15) is 23.1 Å². The van der Waals surface area contributed by atoms with Gasteiger partial charge in [-0.05, 0) is 40.5 Å². The first-order valence-electron chi connectivity index (χ1n) is 7.73. The van der Waals surface area contributed by atoms with Crippen molar-refractivity contribution in [2.45, 2.75) is 60.8 Å². The van der Waals surface area contributed by atoms with Crippen LogP contribution in [0.15, 0.2) is 0 Å². The SMILES string of the molecule is CC(=O)CC(C)=O.CCC(C(C)=O)C(=O)[O-].CCC(C(C)=O)C(=O)[O-].[Zr+2]. The van der Waals surface area contributed by atoms with E-state index in [4.69, 9.17) is 0 Å². The summed E-state index contributed by atoms with van der Waals surface area (Å²) >= 11 is 0. The van der Waals surface area contributed by atoms with E-state index >= 15 is 0 Å². The standard InChI is InChI=1S/2C6H10O3.C5H8O2.Zr/c2*1-3-5(4(2)7)6(8)9;1-4(6)3-5(2)7;/h2*5H,3H2,1-2H3,(H,8,9);3H2,1-2H3;/q;;;+2/p-2. The van der Waals surface area contributed by atoms with Crippen LogP contribution in [0.1, 0.15) is 60.8 Å². The van der Waals surface area contributed by atoms with Gasteiger partial charge < -0.3 is 19.8 Å². The Bertz CT molecular complexity index is 427. The van der Waals surface area contributed by atoms with Crippen LogP contribution >= 0.6 is 0 Å². The van der Waals surface area contributed by atoms with Crippen LogP contribution in [-0.2, 0) is 55.0 Å². The van der Waals surface area contributed by atoms with Crippen LogP contribution in [0.25, 0.3) is 0 Å². The van der Waals surface area contributed by atoms with Crippen molar-refractivity contribution in [1.29, 1.82) is 0 Å². The van der Waals surface area contributed by atoms with Crippen molar-refractivity contribution in [2.75, 3.05) is 0 Å². The van der Waals surface area contributed by atoms with Crippen LogP contribution in [0.2, 0.25) is 0 Å². The summed E-state index contributed by atoms with van der Waals surface area (Å²) in [5.74, 6) is -5.17. The van der Waals surface area contributed by atoms with Gasteiger partial charge in [0, 0.05) is 0 Å². The number of carboxylic acid groups (broad SMARTS) is 2. The van der Waals surface area contributed by atoms with Gasteiger partial charge in [-0.3, -0.25) is 19.2 Å². The van der Waals surface area contributed by atoms with E-state index < -0.39 is 23.8 Å². The third-order valence-corrected chi connectivity index (χ3v) is 2.86. The molecule has 2 unspecified atom stereocenters. The summed E-state index contributed by atoms with van der Waals surface area (Å²) in [5, 5.41) is 20.1. The molecule has 0 aliphatic rings. The van der Waals surface area contributed by atoms with E-state index in [1.165, 1.54) is 27.7 Å². The Morgan fingerprint density at radius 2 is 0.885 bits per heavy atom. The average Bonchev–Trinajstić information content (AvgIpc) is 2.37. The van der Waals surface area contributed by atoms with Gasteiger partial charge >= 0.3 is 26.2 Å². The maximum Gasteiger partial charge on any atom is 2.00 e. The first kappa shape index (κ1) is 32.2. The van der Waals surface area contributed by atoms with E-state index in [9.17, 15) is 39.0 Å². The molecule has 0 aliphatic carbocycles. The average molecular weight is 450 g/mol. The Hall–Kier alpha value is -1.50. The molecule has 0 fully saturated rings. The smallest absolute Gasteiger partial charge is 0.549 e. The molecule has 0 N–H and O–H groups in total. The zero-order valence-corrected chi connectivity index (χ0v) is 18.5. The first-order chi connectivity index (χ1) is 11.3. The minimum atomic E-state index is -1.27. The summed E-state index contributed by atoms with van der Waals surface area (Å²) in [7, 11) is 0. The molecular weight excluding hydrogens is 423 g/mol. The molecule has 0 saturated carbocycles. The molecule has 0 aromatic carbocycles. The van der Waals surface area contributed by atoms with Crippen LogP contribution < -0.4 is 10.2 Å². The normalized spacial score (nSPS) is 11.0. The monoisotopic (exact) mass is 448 g/mol. The molecule has 26 heavy (non-hydrogen) atoms. The molecule has 0 rings (SSSR count). The number of carbonyl (C=O) groups is 6. The second-order valence-electron chi connectivity index (χ2n) is 5.36. The molecule has 0 bridgehead atoms. The summed E-state index contributed by atoms with van der Waals surface area (Å²) < 4.78 is 0. The quantitative estimate of drug-likeness (QED) is 0.440. The van der Waals surface area contributed by atoms with E-state index in [1.807, 2.05) is 0 Å². The van der Waals surface area contributed by atoms with Crippen molar-refractivity contribution in [3.63, 3.8) is 0 Å². The molecule has 9 heteroatoms. The predicted molar refractivity (Wildman–Crippen MR) is 84.9 cm³/mol. The minimum absolute atomic E-state index is 0. The van der Waals surface area contributed by atoms with E-state index in [0.29, 0.717) is 12.8 Å². The van der Waals surface area contributed by atoms with Crippen LogP contribution in [-0.4, -0.2) is 35.1 Å².